The van der Waals surface area contributed by atoms with Crippen molar-refractivity contribution >= 4 is 17.4 Å². The Morgan fingerprint density at radius 3 is 2.79 bits per heavy atom. The normalized spacial score (nSPS) is 14.8. The number of pyridine rings is 1. The largest absolute Gasteiger partial charge is 0.506 e. The zero-order valence-corrected chi connectivity index (χ0v) is 12.8. The van der Waals surface area contributed by atoms with Crippen LogP contribution in [0.2, 0.25) is 0 Å². The van der Waals surface area contributed by atoms with Gasteiger partial charge in [0.1, 0.15) is 23.8 Å². The number of carbonyl (C=O) groups is 1. The number of phenols is 1. The summed E-state index contributed by atoms with van der Waals surface area (Å²) in [6.45, 7) is 1.87. The Labute approximate surface area is 137 Å². The molecule has 4 N–H and O–H groups in total. The molecule has 1 fully saturated rings. The molecular formula is C15H16FN5O3. The van der Waals surface area contributed by atoms with E-state index in [1.807, 2.05) is 13.0 Å². The molecule has 2 heterocycles. The maximum absolute atomic E-state index is 14.3. The lowest BCUT2D eigenvalue weighted by Gasteiger charge is -2.23. The van der Waals surface area contributed by atoms with Gasteiger partial charge in [-0.25, -0.2) is 19.8 Å². The van der Waals surface area contributed by atoms with Gasteiger partial charge in [0.25, 0.3) is 5.91 Å². The topological polar surface area (TPSA) is 101 Å². The van der Waals surface area contributed by atoms with E-state index in [4.69, 9.17) is 0 Å². The molecule has 0 atom stereocenters. The third-order valence-corrected chi connectivity index (χ3v) is 3.49. The fourth-order valence-electron chi connectivity index (χ4n) is 2.35. The minimum Gasteiger partial charge on any atom is -0.506 e. The summed E-state index contributed by atoms with van der Waals surface area (Å²) in [4.78, 5) is 15.4. The van der Waals surface area contributed by atoms with Gasteiger partial charge in [0, 0.05) is 12.7 Å². The molecule has 0 unspecified atom stereocenters. The molecule has 8 nitrogen and oxygen atoms in total. The summed E-state index contributed by atoms with van der Waals surface area (Å²) in [5.41, 5.74) is 3.29. The second-order valence-electron chi connectivity index (χ2n) is 5.40. The lowest BCUT2D eigenvalue weighted by atomic mass is 10.1. The predicted molar refractivity (Wildman–Crippen MR) is 83.5 cm³/mol. The molecule has 1 amide bonds. The van der Waals surface area contributed by atoms with Crippen LogP contribution >= 0.6 is 0 Å². The van der Waals surface area contributed by atoms with Crippen LogP contribution in [0.25, 0.3) is 0 Å². The first-order valence-electron chi connectivity index (χ1n) is 7.18. The van der Waals surface area contributed by atoms with Gasteiger partial charge in [-0.15, -0.1) is 0 Å². The van der Waals surface area contributed by atoms with Gasteiger partial charge >= 0.3 is 0 Å². The van der Waals surface area contributed by atoms with Gasteiger partial charge in [-0.1, -0.05) is 6.07 Å². The van der Waals surface area contributed by atoms with Gasteiger partial charge in [-0.3, -0.25) is 10.0 Å². The number of benzene rings is 1. The Bertz CT molecular complexity index is 745. The third kappa shape index (κ3) is 3.21. The molecule has 1 aliphatic rings. The average molecular weight is 333 g/mol. The number of rotatable bonds is 4. The van der Waals surface area contributed by atoms with Crippen LogP contribution in [0, 0.1) is 12.7 Å². The van der Waals surface area contributed by atoms with Crippen LogP contribution in [0.3, 0.4) is 0 Å². The fraction of sp³-hybridized carbons (Fsp3) is 0.200. The van der Waals surface area contributed by atoms with E-state index < -0.39 is 11.7 Å². The highest BCUT2D eigenvalue weighted by Gasteiger charge is 2.31. The van der Waals surface area contributed by atoms with Gasteiger partial charge in [-0.2, -0.15) is 0 Å². The van der Waals surface area contributed by atoms with Crippen LogP contribution in [0.1, 0.15) is 11.1 Å². The highest BCUT2D eigenvalue weighted by Crippen LogP contribution is 2.33. The number of carbonyl (C=O) groups excluding carboxylic acids is 1. The molecule has 0 saturated carbocycles. The summed E-state index contributed by atoms with van der Waals surface area (Å²) in [6, 6.07) is 6.26. The smallest absolute Gasteiger partial charge is 0.258 e. The number of aromatic nitrogens is 1. The second-order valence-corrected chi connectivity index (χ2v) is 5.40. The quantitative estimate of drug-likeness (QED) is 0.669. The molecule has 24 heavy (non-hydrogen) atoms. The molecule has 1 saturated heterocycles. The van der Waals surface area contributed by atoms with Gasteiger partial charge in [0.15, 0.2) is 5.82 Å². The number of hydrogen-bond donors (Lipinski definition) is 4. The van der Waals surface area contributed by atoms with Crippen LogP contribution < -0.4 is 15.8 Å². The van der Waals surface area contributed by atoms with Crippen molar-refractivity contribution in [1.29, 1.82) is 0 Å². The number of halogens is 1. The number of hydrogen-bond acceptors (Lipinski definition) is 7. The lowest BCUT2D eigenvalue weighted by Crippen LogP contribution is -2.39. The molecule has 0 aliphatic carbocycles. The molecule has 1 aromatic carbocycles. The van der Waals surface area contributed by atoms with Crippen molar-refractivity contribution in [3.05, 3.63) is 47.4 Å². The molecular weight excluding hydrogens is 317 g/mol. The van der Waals surface area contributed by atoms with Crippen LogP contribution in [0.4, 0.5) is 15.9 Å². The standard InChI is InChI=1S/C15H16FN5O3/c1-9-2-3-13(17-6-9)18-7-10-4-11(16)15(12(22)5-10)20-8-14(23)19-21(20)24/h2-6,22,24H,7-8H2,1H3,(H,17,18)(H,19,23). The van der Waals surface area contributed by atoms with Crippen molar-refractivity contribution in [2.45, 2.75) is 13.5 Å². The summed E-state index contributed by atoms with van der Waals surface area (Å²) in [6.07, 6.45) is 1.71. The number of amides is 1. The molecule has 2 aromatic rings. The van der Waals surface area contributed by atoms with Gasteiger partial charge in [0.2, 0.25) is 0 Å². The van der Waals surface area contributed by atoms with Crippen LogP contribution in [-0.2, 0) is 11.3 Å². The summed E-state index contributed by atoms with van der Waals surface area (Å²) >= 11 is 0. The average Bonchev–Trinajstić information content (AvgIpc) is 2.84. The number of phenolic OH excluding ortho intramolecular Hbond substituents is 1. The van der Waals surface area contributed by atoms with Gasteiger partial charge in [0.05, 0.1) is 0 Å². The molecule has 1 aromatic heterocycles. The molecule has 9 heteroatoms. The van der Waals surface area contributed by atoms with Crippen molar-refractivity contribution in [2.75, 3.05) is 16.9 Å². The van der Waals surface area contributed by atoms with Crippen molar-refractivity contribution < 1.29 is 19.5 Å². The minimum absolute atomic E-state index is 0.251. The van der Waals surface area contributed by atoms with E-state index in [1.54, 1.807) is 12.3 Å². The number of anilines is 2. The molecule has 3 rings (SSSR count). The molecule has 126 valence electrons. The number of hydrazine groups is 2. The summed E-state index contributed by atoms with van der Waals surface area (Å²) in [7, 11) is 0. The predicted octanol–water partition coefficient (Wildman–Crippen LogP) is 1.30. The Morgan fingerprint density at radius 2 is 2.21 bits per heavy atom. The molecule has 1 aliphatic heterocycles. The van der Waals surface area contributed by atoms with Crippen molar-refractivity contribution in [3.8, 4) is 5.75 Å². The highest BCUT2D eigenvalue weighted by atomic mass is 19.1. The number of nitrogens with zero attached hydrogens (tertiary/aromatic N) is 3. The van der Waals surface area contributed by atoms with Crippen LogP contribution in [0.5, 0.6) is 5.75 Å². The van der Waals surface area contributed by atoms with Gasteiger partial charge in [-0.05, 0) is 41.5 Å². The summed E-state index contributed by atoms with van der Waals surface area (Å²) < 4.78 is 14.3. The number of nitrogens with one attached hydrogen (secondary N) is 2. The summed E-state index contributed by atoms with van der Waals surface area (Å²) in [5.74, 6) is -1.05. The molecule has 0 bridgehead atoms. The SMILES string of the molecule is Cc1ccc(NCc2cc(O)c(N3CC(=O)NN3O)c(F)c2)nc1. The Balaban J connectivity index is 1.77. The highest BCUT2D eigenvalue weighted by molar-refractivity contribution is 5.84. The van der Waals surface area contributed by atoms with E-state index in [-0.39, 0.29) is 24.5 Å². The number of aryl methyl sites for hydroxylation is 1. The Kier molecular flexibility index (Phi) is 4.19. The fourth-order valence-corrected chi connectivity index (χ4v) is 2.35. The van der Waals surface area contributed by atoms with E-state index in [0.29, 0.717) is 16.7 Å². The maximum atomic E-state index is 14.3. The Morgan fingerprint density at radius 1 is 1.42 bits per heavy atom. The van der Waals surface area contributed by atoms with E-state index in [2.05, 4.69) is 15.7 Å². The lowest BCUT2D eigenvalue weighted by molar-refractivity contribution is -0.144. The van der Waals surface area contributed by atoms with E-state index >= 15 is 0 Å². The molecule has 0 radical (unpaired) electrons. The monoisotopic (exact) mass is 333 g/mol. The number of aromatic hydroxyl groups is 1. The first kappa shape index (κ1) is 16.0. The van der Waals surface area contributed by atoms with Crippen LogP contribution in [0.15, 0.2) is 30.5 Å². The van der Waals surface area contributed by atoms with E-state index in [1.165, 1.54) is 12.1 Å². The van der Waals surface area contributed by atoms with Gasteiger partial charge < -0.3 is 10.4 Å². The zero-order valence-electron chi connectivity index (χ0n) is 12.8. The zero-order chi connectivity index (χ0) is 17.3. The second kappa shape index (κ2) is 6.30. The third-order valence-electron chi connectivity index (χ3n) is 3.49. The van der Waals surface area contributed by atoms with E-state index in [0.717, 1.165) is 10.6 Å². The van der Waals surface area contributed by atoms with Crippen molar-refractivity contribution in [2.24, 2.45) is 0 Å². The first-order chi connectivity index (χ1) is 11.4. The Hall–Kier alpha value is -2.91. The summed E-state index contributed by atoms with van der Waals surface area (Å²) in [5, 5.41) is 23.9. The van der Waals surface area contributed by atoms with E-state index in [9.17, 15) is 19.5 Å². The van der Waals surface area contributed by atoms with Crippen LogP contribution in [-0.4, -0.2) is 33.0 Å². The molecule has 0 spiro atoms. The van der Waals surface area contributed by atoms with Crippen molar-refractivity contribution in [1.82, 2.24) is 15.7 Å². The first-order valence-corrected chi connectivity index (χ1v) is 7.18. The van der Waals surface area contributed by atoms with Crippen molar-refractivity contribution in [3.63, 3.8) is 0 Å². The maximum Gasteiger partial charge on any atom is 0.258 e. The minimum atomic E-state index is -0.765.